The molecule has 49 heavy (non-hydrogen) atoms. The molecule has 2 fully saturated rings. The van der Waals surface area contributed by atoms with E-state index >= 15 is 0 Å². The molecule has 0 bridgehead atoms. The number of phenolic OH excluding ortho intramolecular Hbond substituents is 1. The Morgan fingerprint density at radius 3 is 2.12 bits per heavy atom. The monoisotopic (exact) mass is 692 g/mol. The van der Waals surface area contributed by atoms with Crippen molar-refractivity contribution in [3.8, 4) is 34.3 Å². The topological polar surface area (TPSA) is 258 Å². The molecule has 3 aromatic rings. The fraction of sp³-hybridized carbons (Fsp3) is 0.485. The van der Waals surface area contributed by atoms with Gasteiger partial charge in [-0.3, -0.25) is 4.79 Å². The maximum Gasteiger partial charge on any atom is 0.239 e. The second-order valence-electron chi connectivity index (χ2n) is 12.1. The van der Waals surface area contributed by atoms with Crippen LogP contribution in [-0.2, 0) is 15.9 Å². The number of rotatable bonds is 10. The standard InChI is InChI=1S/C33H40O16/c1-12(2)17(35)9-16-19(46-33-28(43)26(41)23(38)20(11-34)47-33)10-18(36)21-24(39)31(49-32-27(42)25(40)22(37)13(3)45-32)29(48-30(16)21)14-5-7-15(44-4)8-6-14/h5-8,10,13,17,20,22-23,25-28,32-38,40-43H,1,9,11H2,2-4H3/t13-,17?,20+,22-,23+,25+,26-,27+,28+,32-,33+/m0/s1. The zero-order valence-electron chi connectivity index (χ0n) is 26.7. The minimum Gasteiger partial charge on any atom is -0.507 e. The summed E-state index contributed by atoms with van der Waals surface area (Å²) >= 11 is 0. The van der Waals surface area contributed by atoms with Gasteiger partial charge in [-0.2, -0.15) is 0 Å². The lowest BCUT2D eigenvalue weighted by Gasteiger charge is -2.39. The van der Waals surface area contributed by atoms with Crippen molar-refractivity contribution in [3.05, 3.63) is 58.3 Å². The van der Waals surface area contributed by atoms with Crippen LogP contribution in [0.15, 0.2) is 51.7 Å². The van der Waals surface area contributed by atoms with E-state index in [2.05, 4.69) is 6.58 Å². The van der Waals surface area contributed by atoms with Crippen molar-refractivity contribution in [2.24, 2.45) is 0 Å². The maximum absolute atomic E-state index is 14.3. The predicted octanol–water partition coefficient (Wildman–Crippen LogP) is -0.961. The average Bonchev–Trinajstić information content (AvgIpc) is 3.08. The van der Waals surface area contributed by atoms with E-state index in [1.54, 1.807) is 12.1 Å². The highest BCUT2D eigenvalue weighted by molar-refractivity contribution is 5.91. The molecule has 16 nitrogen and oxygen atoms in total. The number of ether oxygens (including phenoxy) is 5. The Morgan fingerprint density at radius 2 is 1.53 bits per heavy atom. The van der Waals surface area contributed by atoms with Gasteiger partial charge in [0.05, 0.1) is 25.9 Å². The Kier molecular flexibility index (Phi) is 10.9. The van der Waals surface area contributed by atoms with Crippen molar-refractivity contribution in [2.45, 2.75) is 87.8 Å². The molecule has 5 rings (SSSR count). The summed E-state index contributed by atoms with van der Waals surface area (Å²) in [6, 6.07) is 7.13. The van der Waals surface area contributed by atoms with E-state index in [1.165, 1.54) is 33.1 Å². The summed E-state index contributed by atoms with van der Waals surface area (Å²) in [5.74, 6) is -1.35. The quantitative estimate of drug-likeness (QED) is 0.116. The van der Waals surface area contributed by atoms with E-state index in [-0.39, 0.29) is 34.6 Å². The molecule has 0 spiro atoms. The second kappa shape index (κ2) is 14.6. The largest absolute Gasteiger partial charge is 0.507 e. The molecule has 9 N–H and O–H groups in total. The summed E-state index contributed by atoms with van der Waals surface area (Å²) in [6.07, 6.45) is -17.6. The lowest BCUT2D eigenvalue weighted by Crippen LogP contribution is -2.60. The second-order valence-corrected chi connectivity index (χ2v) is 12.1. The van der Waals surface area contributed by atoms with Gasteiger partial charge >= 0.3 is 0 Å². The molecular formula is C33H40O16. The molecule has 1 unspecified atom stereocenters. The minimum absolute atomic E-state index is 0.0280. The molecule has 0 saturated carbocycles. The van der Waals surface area contributed by atoms with E-state index in [0.717, 1.165) is 6.07 Å². The van der Waals surface area contributed by atoms with Crippen LogP contribution in [-0.4, -0.2) is 127 Å². The summed E-state index contributed by atoms with van der Waals surface area (Å²) in [7, 11) is 1.45. The van der Waals surface area contributed by atoms with Gasteiger partial charge in [-0.25, -0.2) is 0 Å². The number of aliphatic hydroxyl groups excluding tert-OH is 8. The first kappa shape index (κ1) is 36.5. The molecule has 16 heteroatoms. The molecule has 2 aromatic carbocycles. The molecule has 0 aliphatic carbocycles. The summed E-state index contributed by atoms with van der Waals surface area (Å²) < 4.78 is 34.3. The van der Waals surface area contributed by atoms with E-state index in [9.17, 15) is 50.8 Å². The third-order valence-electron chi connectivity index (χ3n) is 8.62. The van der Waals surface area contributed by atoms with Gasteiger partial charge in [0, 0.05) is 23.6 Å². The van der Waals surface area contributed by atoms with Crippen molar-refractivity contribution >= 4 is 11.0 Å². The average molecular weight is 693 g/mol. The molecule has 3 heterocycles. The van der Waals surface area contributed by atoms with Gasteiger partial charge in [0.1, 0.15) is 70.9 Å². The lowest BCUT2D eigenvalue weighted by molar-refractivity contribution is -0.277. The van der Waals surface area contributed by atoms with Crippen LogP contribution < -0.4 is 19.6 Å². The third-order valence-corrected chi connectivity index (χ3v) is 8.62. The normalized spacial score (nSPS) is 30.9. The zero-order chi connectivity index (χ0) is 35.9. The van der Waals surface area contributed by atoms with Crippen LogP contribution in [0.1, 0.15) is 19.4 Å². The minimum atomic E-state index is -1.84. The molecule has 0 radical (unpaired) electrons. The maximum atomic E-state index is 14.3. The van der Waals surface area contributed by atoms with Gasteiger partial charge in [0.2, 0.25) is 23.8 Å². The zero-order valence-corrected chi connectivity index (χ0v) is 26.7. The molecule has 268 valence electrons. The first-order valence-corrected chi connectivity index (χ1v) is 15.3. The van der Waals surface area contributed by atoms with Crippen LogP contribution in [0.25, 0.3) is 22.3 Å². The lowest BCUT2D eigenvalue weighted by atomic mass is 9.97. The Morgan fingerprint density at radius 1 is 0.918 bits per heavy atom. The van der Waals surface area contributed by atoms with E-state index < -0.39 is 96.4 Å². The Hall–Kier alpha value is -3.81. The van der Waals surface area contributed by atoms with Crippen LogP contribution in [0.4, 0.5) is 0 Å². The van der Waals surface area contributed by atoms with Gasteiger partial charge in [0.25, 0.3) is 0 Å². The van der Waals surface area contributed by atoms with Crippen LogP contribution in [0, 0.1) is 0 Å². The van der Waals surface area contributed by atoms with Crippen molar-refractivity contribution in [1.29, 1.82) is 0 Å². The van der Waals surface area contributed by atoms with Crippen molar-refractivity contribution in [1.82, 2.24) is 0 Å². The van der Waals surface area contributed by atoms with E-state index in [4.69, 9.17) is 28.1 Å². The highest BCUT2D eigenvalue weighted by atomic mass is 16.7. The summed E-state index contributed by atoms with van der Waals surface area (Å²) in [5.41, 5.74) is -0.772. The highest BCUT2D eigenvalue weighted by Crippen LogP contribution is 2.42. The number of phenols is 1. The summed E-state index contributed by atoms with van der Waals surface area (Å²) in [6.45, 7) is 5.97. The number of aromatic hydroxyl groups is 1. The molecule has 1 aromatic heterocycles. The predicted molar refractivity (Wildman–Crippen MR) is 168 cm³/mol. The first-order valence-electron chi connectivity index (χ1n) is 15.3. The Bertz CT molecular complexity index is 1700. The SMILES string of the molecule is C=C(C)C(O)Cc1c(O[C@@H]2O[C@H](CO)[C@@H](O)[C@H](O)[C@H]2O)cc(O)c2c(=O)c(O[C@@H]3O[C@@H](C)[C@H](O)[C@@H](O)[C@H]3O)c(-c3ccc(OC)cc3)oc12. The van der Waals surface area contributed by atoms with Crippen molar-refractivity contribution in [2.75, 3.05) is 13.7 Å². The Labute approximate surface area is 279 Å². The molecule has 2 saturated heterocycles. The van der Waals surface area contributed by atoms with Gasteiger partial charge in [-0.05, 0) is 38.1 Å². The van der Waals surface area contributed by atoms with Gasteiger partial charge < -0.3 is 74.1 Å². The van der Waals surface area contributed by atoms with Crippen LogP contribution in [0.5, 0.6) is 23.0 Å². The smallest absolute Gasteiger partial charge is 0.239 e. The molecule has 2 aliphatic heterocycles. The highest BCUT2D eigenvalue weighted by Gasteiger charge is 2.46. The third kappa shape index (κ3) is 6.98. The number of benzene rings is 2. The van der Waals surface area contributed by atoms with Crippen molar-refractivity contribution < 1.29 is 74.1 Å². The van der Waals surface area contributed by atoms with E-state index in [1.807, 2.05) is 0 Å². The fourth-order valence-corrected chi connectivity index (χ4v) is 5.58. The van der Waals surface area contributed by atoms with Gasteiger partial charge in [-0.15, -0.1) is 0 Å². The number of fused-ring (bicyclic) bond motifs is 1. The van der Waals surface area contributed by atoms with Gasteiger partial charge in [0.15, 0.2) is 5.76 Å². The number of methoxy groups -OCH3 is 1. The molecule has 11 atom stereocenters. The van der Waals surface area contributed by atoms with Crippen LogP contribution in [0.2, 0.25) is 0 Å². The first-order chi connectivity index (χ1) is 23.2. The molecule has 2 aliphatic rings. The number of aliphatic hydroxyl groups is 8. The number of hydrogen-bond donors (Lipinski definition) is 9. The molecule has 0 amide bonds. The molecular weight excluding hydrogens is 652 g/mol. The van der Waals surface area contributed by atoms with E-state index in [0.29, 0.717) is 11.3 Å². The summed E-state index contributed by atoms with van der Waals surface area (Å²) in [5, 5.41) is 93.7. The summed E-state index contributed by atoms with van der Waals surface area (Å²) in [4.78, 5) is 14.3. The van der Waals surface area contributed by atoms with Crippen LogP contribution in [0.3, 0.4) is 0 Å². The fourth-order valence-electron chi connectivity index (χ4n) is 5.58. The van der Waals surface area contributed by atoms with Gasteiger partial charge in [-0.1, -0.05) is 12.2 Å². The van der Waals surface area contributed by atoms with Crippen LogP contribution >= 0.6 is 0 Å². The Balaban J connectivity index is 1.73. The van der Waals surface area contributed by atoms with Crippen molar-refractivity contribution in [3.63, 3.8) is 0 Å². The number of hydrogen-bond acceptors (Lipinski definition) is 16.